The van der Waals surface area contributed by atoms with E-state index in [9.17, 15) is 33.9 Å². The maximum absolute atomic E-state index is 13.6. The SMILES string of the molecule is CO[C@H]1CCCN(C(=O)[C@H](CCC(=O)O)NC(=O)[C@@H](N)CC(C)C)[C@H]1CCC(=O)N[C@@H](CC(N)=O)C(=O)O. The molecule has 1 aliphatic heterocycles. The second-order valence-electron chi connectivity index (χ2n) is 9.91. The van der Waals surface area contributed by atoms with Crippen LogP contribution in [-0.2, 0) is 33.5 Å². The maximum atomic E-state index is 13.6. The monoisotopic (exact) mass is 543 g/mol. The summed E-state index contributed by atoms with van der Waals surface area (Å²) >= 11 is 0. The Labute approximate surface area is 221 Å². The topological polar surface area (TPSA) is 231 Å². The van der Waals surface area contributed by atoms with Gasteiger partial charge in [-0.05, 0) is 38.0 Å². The van der Waals surface area contributed by atoms with Gasteiger partial charge >= 0.3 is 11.9 Å². The molecule has 1 heterocycles. The third kappa shape index (κ3) is 11.0. The Bertz CT molecular complexity index is 866. The average Bonchev–Trinajstić information content (AvgIpc) is 2.83. The standard InChI is InChI=1S/C24H41N5O9/c1-13(2)11-14(25)22(34)28-15(6-9-21(32)33)23(35)29-10-4-5-18(38-3)17(29)7-8-20(31)27-16(24(36)37)12-19(26)30/h13-18H,4-12,25H2,1-3H3,(H2,26,30)(H,27,31)(H,28,34)(H,32,33)(H,36,37)/t14-,15-,16-,17-,18-/m0/s1. The third-order valence-corrected chi connectivity index (χ3v) is 6.33. The summed E-state index contributed by atoms with van der Waals surface area (Å²) in [5, 5.41) is 23.2. The molecule has 14 nitrogen and oxygen atoms in total. The van der Waals surface area contributed by atoms with Crippen LogP contribution in [-0.4, -0.2) is 94.6 Å². The van der Waals surface area contributed by atoms with E-state index in [1.54, 1.807) is 0 Å². The number of likely N-dealkylation sites (tertiary alicyclic amines) is 1. The number of methoxy groups -OCH3 is 1. The molecule has 0 spiro atoms. The molecule has 0 unspecified atom stereocenters. The van der Waals surface area contributed by atoms with E-state index in [1.807, 2.05) is 13.8 Å². The maximum Gasteiger partial charge on any atom is 0.326 e. The number of primary amides is 1. The Morgan fingerprint density at radius 2 is 1.71 bits per heavy atom. The number of carboxylic acid groups (broad SMARTS) is 2. The molecule has 1 rings (SSSR count). The first-order valence-electron chi connectivity index (χ1n) is 12.7. The van der Waals surface area contributed by atoms with Crippen LogP contribution in [0.25, 0.3) is 0 Å². The van der Waals surface area contributed by atoms with Gasteiger partial charge in [-0.1, -0.05) is 13.8 Å². The van der Waals surface area contributed by atoms with E-state index < -0.39 is 72.3 Å². The number of nitrogens with zero attached hydrogens (tertiary/aromatic N) is 1. The number of aliphatic carboxylic acids is 2. The zero-order valence-electron chi connectivity index (χ0n) is 22.2. The van der Waals surface area contributed by atoms with Gasteiger partial charge in [0, 0.05) is 26.5 Å². The highest BCUT2D eigenvalue weighted by Gasteiger charge is 2.38. The number of hydrogen-bond acceptors (Lipinski definition) is 8. The number of ether oxygens (including phenoxy) is 1. The lowest BCUT2D eigenvalue weighted by atomic mass is 9.93. The summed E-state index contributed by atoms with van der Waals surface area (Å²) in [7, 11) is 1.47. The summed E-state index contributed by atoms with van der Waals surface area (Å²) in [4.78, 5) is 73.8. The summed E-state index contributed by atoms with van der Waals surface area (Å²) in [5.74, 6) is -5.02. The van der Waals surface area contributed by atoms with Crippen molar-refractivity contribution in [3.8, 4) is 0 Å². The lowest BCUT2D eigenvalue weighted by molar-refractivity contribution is -0.146. The van der Waals surface area contributed by atoms with Gasteiger partial charge < -0.3 is 42.0 Å². The number of nitrogens with one attached hydrogen (secondary N) is 2. The van der Waals surface area contributed by atoms with Gasteiger partial charge in [-0.3, -0.25) is 24.0 Å². The highest BCUT2D eigenvalue weighted by molar-refractivity contribution is 5.90. The minimum Gasteiger partial charge on any atom is -0.481 e. The third-order valence-electron chi connectivity index (χ3n) is 6.33. The Morgan fingerprint density at radius 3 is 2.24 bits per heavy atom. The molecule has 0 aliphatic carbocycles. The fraction of sp³-hybridized carbons (Fsp3) is 0.750. The molecule has 0 aromatic rings. The van der Waals surface area contributed by atoms with Crippen molar-refractivity contribution in [2.24, 2.45) is 17.4 Å². The summed E-state index contributed by atoms with van der Waals surface area (Å²) in [5.41, 5.74) is 11.0. The van der Waals surface area contributed by atoms with Crippen LogP contribution < -0.4 is 22.1 Å². The van der Waals surface area contributed by atoms with Crippen molar-refractivity contribution in [1.29, 1.82) is 0 Å². The number of carboxylic acids is 2. The van der Waals surface area contributed by atoms with E-state index in [-0.39, 0.29) is 31.6 Å². The molecule has 5 atom stereocenters. The van der Waals surface area contributed by atoms with Gasteiger partial charge in [0.1, 0.15) is 12.1 Å². The number of hydrogen-bond donors (Lipinski definition) is 6. The van der Waals surface area contributed by atoms with Crippen LogP contribution >= 0.6 is 0 Å². The zero-order chi connectivity index (χ0) is 29.0. The number of carbonyl (C=O) groups excluding carboxylic acids is 4. The molecule has 8 N–H and O–H groups in total. The first-order chi connectivity index (χ1) is 17.8. The largest absolute Gasteiger partial charge is 0.481 e. The van der Waals surface area contributed by atoms with Crippen LogP contribution in [0, 0.1) is 5.92 Å². The normalized spacial score (nSPS) is 19.8. The van der Waals surface area contributed by atoms with Gasteiger partial charge in [0.05, 0.1) is 24.6 Å². The van der Waals surface area contributed by atoms with Crippen molar-refractivity contribution in [3.05, 3.63) is 0 Å². The molecule has 0 aromatic carbocycles. The Hall–Kier alpha value is -3.26. The Morgan fingerprint density at radius 1 is 1.05 bits per heavy atom. The van der Waals surface area contributed by atoms with Crippen molar-refractivity contribution in [3.63, 3.8) is 0 Å². The van der Waals surface area contributed by atoms with E-state index in [4.69, 9.17) is 21.3 Å². The van der Waals surface area contributed by atoms with Gasteiger partial charge in [-0.15, -0.1) is 0 Å². The minimum absolute atomic E-state index is 0.103. The van der Waals surface area contributed by atoms with E-state index >= 15 is 0 Å². The lowest BCUT2D eigenvalue weighted by Crippen LogP contribution is -2.59. The summed E-state index contributed by atoms with van der Waals surface area (Å²) in [6.45, 7) is 4.08. The number of carbonyl (C=O) groups is 6. The second-order valence-corrected chi connectivity index (χ2v) is 9.91. The first-order valence-corrected chi connectivity index (χ1v) is 12.7. The van der Waals surface area contributed by atoms with Gasteiger partial charge in [-0.25, -0.2) is 4.79 Å². The fourth-order valence-corrected chi connectivity index (χ4v) is 4.48. The van der Waals surface area contributed by atoms with Gasteiger partial charge in [0.2, 0.25) is 23.6 Å². The molecule has 0 aromatic heterocycles. The molecule has 216 valence electrons. The summed E-state index contributed by atoms with van der Waals surface area (Å²) < 4.78 is 5.55. The summed E-state index contributed by atoms with van der Waals surface area (Å²) in [6, 6.07) is -4.09. The highest BCUT2D eigenvalue weighted by atomic mass is 16.5. The minimum atomic E-state index is -1.48. The van der Waals surface area contributed by atoms with Gasteiger partial charge in [-0.2, -0.15) is 0 Å². The van der Waals surface area contributed by atoms with Crippen LogP contribution in [0.1, 0.15) is 65.2 Å². The predicted octanol–water partition coefficient (Wildman–Crippen LogP) is -1.06. The molecule has 14 heteroatoms. The van der Waals surface area contributed by atoms with Crippen LogP contribution in [0.2, 0.25) is 0 Å². The van der Waals surface area contributed by atoms with Crippen molar-refractivity contribution < 1.29 is 43.7 Å². The Kier molecular flexibility index (Phi) is 13.7. The Balaban J connectivity index is 3.04. The fourth-order valence-electron chi connectivity index (χ4n) is 4.48. The van der Waals surface area contributed by atoms with E-state index in [1.165, 1.54) is 12.0 Å². The number of nitrogens with two attached hydrogens (primary N) is 2. The zero-order valence-corrected chi connectivity index (χ0v) is 22.2. The van der Waals surface area contributed by atoms with Gasteiger partial charge in [0.15, 0.2) is 0 Å². The second kappa shape index (κ2) is 15.9. The smallest absolute Gasteiger partial charge is 0.326 e. The molecule has 38 heavy (non-hydrogen) atoms. The average molecular weight is 544 g/mol. The lowest BCUT2D eigenvalue weighted by Gasteiger charge is -2.42. The van der Waals surface area contributed by atoms with E-state index in [0.717, 1.165) is 0 Å². The van der Waals surface area contributed by atoms with Crippen molar-refractivity contribution >= 4 is 35.6 Å². The molecule has 1 fully saturated rings. The molecule has 1 aliphatic rings. The molecule has 0 radical (unpaired) electrons. The van der Waals surface area contributed by atoms with Crippen molar-refractivity contribution in [2.75, 3.05) is 13.7 Å². The molecular formula is C24H41N5O9. The molecule has 0 bridgehead atoms. The predicted molar refractivity (Wildman–Crippen MR) is 134 cm³/mol. The van der Waals surface area contributed by atoms with Crippen LogP contribution in [0.3, 0.4) is 0 Å². The van der Waals surface area contributed by atoms with E-state index in [0.29, 0.717) is 25.8 Å². The van der Waals surface area contributed by atoms with Gasteiger partial charge in [0.25, 0.3) is 0 Å². The van der Waals surface area contributed by atoms with Crippen LogP contribution in [0.15, 0.2) is 0 Å². The van der Waals surface area contributed by atoms with Crippen LogP contribution in [0.4, 0.5) is 0 Å². The summed E-state index contributed by atoms with van der Waals surface area (Å²) in [6.07, 6.45) is -0.0412. The number of piperidine rings is 1. The molecule has 0 saturated carbocycles. The number of rotatable bonds is 16. The van der Waals surface area contributed by atoms with Crippen molar-refractivity contribution in [1.82, 2.24) is 15.5 Å². The molecular weight excluding hydrogens is 502 g/mol. The quantitative estimate of drug-likeness (QED) is 0.138. The highest BCUT2D eigenvalue weighted by Crippen LogP contribution is 2.25. The number of amides is 4. The molecule has 1 saturated heterocycles. The van der Waals surface area contributed by atoms with Crippen LogP contribution in [0.5, 0.6) is 0 Å². The first kappa shape index (κ1) is 32.8. The van der Waals surface area contributed by atoms with E-state index in [2.05, 4.69) is 10.6 Å². The van der Waals surface area contributed by atoms with Crippen molar-refractivity contribution in [2.45, 2.75) is 95.5 Å². The molecule has 4 amide bonds.